The van der Waals surface area contributed by atoms with Crippen molar-refractivity contribution < 1.29 is 19.4 Å². The number of carbonyl (C=O) groups excluding carboxylic acids is 2. The number of ether oxygens (including phenoxy) is 1. The van der Waals surface area contributed by atoms with Crippen LogP contribution in [0.2, 0.25) is 0 Å². The van der Waals surface area contributed by atoms with Crippen molar-refractivity contribution in [2.45, 2.75) is 51.9 Å². The van der Waals surface area contributed by atoms with E-state index in [9.17, 15) is 14.7 Å². The predicted molar refractivity (Wildman–Crippen MR) is 135 cm³/mol. The molecule has 1 aromatic heterocycles. The lowest BCUT2D eigenvalue weighted by atomic mass is 10.0. The van der Waals surface area contributed by atoms with Crippen molar-refractivity contribution in [3.8, 4) is 22.8 Å². The van der Waals surface area contributed by atoms with Crippen LogP contribution in [0.5, 0.6) is 11.5 Å². The lowest BCUT2D eigenvalue weighted by Gasteiger charge is -2.11. The zero-order chi connectivity index (χ0) is 24.8. The predicted octanol–water partition coefficient (Wildman–Crippen LogP) is 5.53. The van der Waals surface area contributed by atoms with E-state index in [0.29, 0.717) is 41.4 Å². The maximum absolute atomic E-state index is 12.7. The third-order valence-corrected chi connectivity index (χ3v) is 6.19. The third-order valence-electron chi connectivity index (χ3n) is 6.19. The average molecular weight is 477 g/mol. The van der Waals surface area contributed by atoms with Crippen molar-refractivity contribution in [1.29, 1.82) is 0 Å². The quantitative estimate of drug-likeness (QED) is 0.396. The Hall–Kier alpha value is -3.81. The molecule has 35 heavy (non-hydrogen) atoms. The maximum Gasteiger partial charge on any atom is 0.342 e. The van der Waals surface area contributed by atoms with Gasteiger partial charge in [-0.1, -0.05) is 19.8 Å². The van der Waals surface area contributed by atoms with Crippen molar-refractivity contribution in [2.24, 2.45) is 0 Å². The highest BCUT2D eigenvalue weighted by Crippen LogP contribution is 2.38. The summed E-state index contributed by atoms with van der Waals surface area (Å²) >= 11 is 0. The summed E-state index contributed by atoms with van der Waals surface area (Å²) in [6.45, 7) is 5.03. The monoisotopic (exact) mass is 476 g/mol. The van der Waals surface area contributed by atoms with Gasteiger partial charge in [0, 0.05) is 35.3 Å². The minimum atomic E-state index is -0.291. The van der Waals surface area contributed by atoms with Gasteiger partial charge in [0.2, 0.25) is 0 Å². The molecular formula is C27H32N4O4. The highest BCUT2D eigenvalue weighted by molar-refractivity contribution is 6.04. The molecule has 0 unspecified atom stereocenters. The SMILES string of the molecule is CCCNC(=O)n1nc(-c2ccc(NC(=O)c3ccc(OCC)cc3)cc2O)cc1C1CCCC1. The second-order valence-corrected chi connectivity index (χ2v) is 8.72. The number of aromatic hydroxyl groups is 1. The van der Waals surface area contributed by atoms with Crippen molar-refractivity contribution in [3.05, 3.63) is 59.8 Å². The Kier molecular flexibility index (Phi) is 7.70. The fourth-order valence-electron chi connectivity index (χ4n) is 4.41. The summed E-state index contributed by atoms with van der Waals surface area (Å²) in [4.78, 5) is 25.4. The van der Waals surface area contributed by atoms with Gasteiger partial charge in [0.1, 0.15) is 11.5 Å². The largest absolute Gasteiger partial charge is 0.507 e. The lowest BCUT2D eigenvalue weighted by molar-refractivity contribution is 0.102. The normalized spacial score (nSPS) is 13.5. The molecule has 1 aliphatic rings. The molecule has 184 valence electrons. The molecule has 0 aliphatic heterocycles. The molecule has 8 nitrogen and oxygen atoms in total. The van der Waals surface area contributed by atoms with E-state index < -0.39 is 0 Å². The van der Waals surface area contributed by atoms with Crippen LogP contribution in [0.15, 0.2) is 48.5 Å². The number of nitrogens with zero attached hydrogens (tertiary/aromatic N) is 2. The molecule has 3 aromatic rings. The Bertz CT molecular complexity index is 1180. The Labute approximate surface area is 205 Å². The van der Waals surface area contributed by atoms with Crippen LogP contribution in [0, 0.1) is 0 Å². The molecule has 3 N–H and O–H groups in total. The number of phenols is 1. The lowest BCUT2D eigenvalue weighted by Crippen LogP contribution is -2.31. The molecule has 1 fully saturated rings. The van der Waals surface area contributed by atoms with Gasteiger partial charge in [-0.3, -0.25) is 4.79 Å². The Morgan fingerprint density at radius 3 is 2.49 bits per heavy atom. The Balaban J connectivity index is 1.54. The van der Waals surface area contributed by atoms with E-state index in [1.54, 1.807) is 36.4 Å². The van der Waals surface area contributed by atoms with Crippen molar-refractivity contribution in [3.63, 3.8) is 0 Å². The van der Waals surface area contributed by atoms with Gasteiger partial charge in [-0.2, -0.15) is 9.78 Å². The van der Waals surface area contributed by atoms with Gasteiger partial charge in [-0.05, 0) is 68.7 Å². The van der Waals surface area contributed by atoms with E-state index >= 15 is 0 Å². The van der Waals surface area contributed by atoms with Gasteiger partial charge in [0.25, 0.3) is 5.91 Å². The zero-order valence-electron chi connectivity index (χ0n) is 20.2. The number of amides is 2. The van der Waals surface area contributed by atoms with E-state index in [-0.39, 0.29) is 23.6 Å². The van der Waals surface area contributed by atoms with Crippen LogP contribution in [-0.2, 0) is 0 Å². The molecular weight excluding hydrogens is 444 g/mol. The Morgan fingerprint density at radius 1 is 1.09 bits per heavy atom. The first-order chi connectivity index (χ1) is 17.0. The van der Waals surface area contributed by atoms with E-state index in [0.717, 1.165) is 37.8 Å². The number of phenolic OH excluding ortho intramolecular Hbond substituents is 1. The number of nitrogens with one attached hydrogen (secondary N) is 2. The summed E-state index contributed by atoms with van der Waals surface area (Å²) in [5.41, 5.74) is 2.85. The first-order valence-corrected chi connectivity index (χ1v) is 12.3. The second-order valence-electron chi connectivity index (χ2n) is 8.72. The highest BCUT2D eigenvalue weighted by Gasteiger charge is 2.26. The van der Waals surface area contributed by atoms with Crippen LogP contribution in [0.25, 0.3) is 11.3 Å². The molecule has 0 atom stereocenters. The summed E-state index contributed by atoms with van der Waals surface area (Å²) < 4.78 is 6.86. The van der Waals surface area contributed by atoms with Gasteiger partial charge >= 0.3 is 6.03 Å². The molecule has 4 rings (SSSR count). The van der Waals surface area contributed by atoms with Crippen molar-refractivity contribution in [2.75, 3.05) is 18.5 Å². The molecule has 1 heterocycles. The van der Waals surface area contributed by atoms with E-state index in [1.807, 2.05) is 19.9 Å². The first kappa shape index (κ1) is 24.3. The number of anilines is 1. The fraction of sp³-hybridized carbons (Fsp3) is 0.370. The van der Waals surface area contributed by atoms with E-state index in [2.05, 4.69) is 15.7 Å². The van der Waals surface area contributed by atoms with Gasteiger partial charge in [-0.25, -0.2) is 4.79 Å². The van der Waals surface area contributed by atoms with Crippen LogP contribution in [0.4, 0.5) is 10.5 Å². The summed E-state index contributed by atoms with van der Waals surface area (Å²) in [5, 5.41) is 21.0. The Morgan fingerprint density at radius 2 is 1.83 bits per heavy atom. The molecule has 2 amide bonds. The van der Waals surface area contributed by atoms with Crippen molar-refractivity contribution >= 4 is 17.6 Å². The maximum atomic E-state index is 12.7. The second kappa shape index (κ2) is 11.1. The van der Waals surface area contributed by atoms with Crippen molar-refractivity contribution in [1.82, 2.24) is 15.1 Å². The van der Waals surface area contributed by atoms with Crippen LogP contribution >= 0.6 is 0 Å². The van der Waals surface area contributed by atoms with Gasteiger partial charge in [-0.15, -0.1) is 0 Å². The summed E-state index contributed by atoms with van der Waals surface area (Å²) in [7, 11) is 0. The summed E-state index contributed by atoms with van der Waals surface area (Å²) in [6, 6.07) is 13.4. The van der Waals surface area contributed by atoms with Gasteiger partial charge in [0.05, 0.1) is 18.0 Å². The number of benzene rings is 2. The topological polar surface area (TPSA) is 105 Å². The van der Waals surface area contributed by atoms with E-state index in [4.69, 9.17) is 4.74 Å². The molecule has 1 saturated carbocycles. The van der Waals surface area contributed by atoms with Crippen LogP contribution in [-0.4, -0.2) is 40.0 Å². The summed E-state index contributed by atoms with van der Waals surface area (Å²) in [5.74, 6) is 0.663. The van der Waals surface area contributed by atoms with E-state index in [1.165, 1.54) is 10.7 Å². The highest BCUT2D eigenvalue weighted by atomic mass is 16.5. The molecule has 0 spiro atoms. The number of hydrogen-bond donors (Lipinski definition) is 3. The average Bonchev–Trinajstić information content (AvgIpc) is 3.53. The molecule has 0 saturated heterocycles. The molecule has 2 aromatic carbocycles. The number of rotatable bonds is 8. The van der Waals surface area contributed by atoms with Crippen LogP contribution in [0.1, 0.15) is 67.9 Å². The molecule has 0 radical (unpaired) electrons. The number of aromatic nitrogens is 2. The van der Waals surface area contributed by atoms with Crippen LogP contribution < -0.4 is 15.4 Å². The fourth-order valence-corrected chi connectivity index (χ4v) is 4.41. The van der Waals surface area contributed by atoms with Gasteiger partial charge in [0.15, 0.2) is 0 Å². The molecule has 8 heteroatoms. The third kappa shape index (κ3) is 5.65. The number of carbonyl (C=O) groups is 2. The van der Waals surface area contributed by atoms with Gasteiger partial charge < -0.3 is 20.5 Å². The molecule has 1 aliphatic carbocycles. The zero-order valence-corrected chi connectivity index (χ0v) is 20.2. The van der Waals surface area contributed by atoms with Crippen LogP contribution in [0.3, 0.4) is 0 Å². The minimum absolute atomic E-state index is 0.0221. The smallest absolute Gasteiger partial charge is 0.342 e. The first-order valence-electron chi connectivity index (χ1n) is 12.3. The number of hydrogen-bond acceptors (Lipinski definition) is 5. The summed E-state index contributed by atoms with van der Waals surface area (Å²) in [6.07, 6.45) is 5.15. The standard InChI is InChI=1S/C27H32N4O4/c1-3-15-28-27(34)31-24(18-7-5-6-8-18)17-23(30-31)22-14-11-20(16-25(22)32)29-26(33)19-9-12-21(13-10-19)35-4-2/h9-14,16-18,32H,3-8,15H2,1-2H3,(H,28,34)(H,29,33). The minimum Gasteiger partial charge on any atom is -0.507 e. The molecule has 0 bridgehead atoms.